The Morgan fingerprint density at radius 1 is 1.14 bits per heavy atom. The van der Waals surface area contributed by atoms with Gasteiger partial charge < -0.3 is 18.8 Å². The van der Waals surface area contributed by atoms with E-state index in [1.54, 1.807) is 12.1 Å². The lowest BCUT2D eigenvalue weighted by molar-refractivity contribution is 0.00578. The number of methoxy groups -OCH3 is 2. The van der Waals surface area contributed by atoms with Crippen LogP contribution in [0, 0.1) is 0 Å². The van der Waals surface area contributed by atoms with Crippen molar-refractivity contribution in [3.8, 4) is 5.75 Å². The summed E-state index contributed by atoms with van der Waals surface area (Å²) in [6.45, 7) is 7.72. The Kier molecular flexibility index (Phi) is 4.48. The molecule has 0 unspecified atom stereocenters. The molecule has 120 valence electrons. The Hall–Kier alpha value is -1.24. The Labute approximate surface area is 136 Å². The summed E-state index contributed by atoms with van der Waals surface area (Å²) in [6, 6.07) is 3.26. The molecule has 0 radical (unpaired) electrons. The number of halogens is 1. The van der Waals surface area contributed by atoms with E-state index in [4.69, 9.17) is 30.4 Å². The lowest BCUT2D eigenvalue weighted by Gasteiger charge is -2.32. The highest BCUT2D eigenvalue weighted by molar-refractivity contribution is 6.67. The van der Waals surface area contributed by atoms with E-state index in [9.17, 15) is 4.79 Å². The van der Waals surface area contributed by atoms with E-state index in [0.717, 1.165) is 0 Å². The van der Waals surface area contributed by atoms with Crippen LogP contribution in [-0.4, -0.2) is 38.5 Å². The van der Waals surface area contributed by atoms with Crippen LogP contribution in [0.3, 0.4) is 0 Å². The molecule has 5 nitrogen and oxygen atoms in total. The number of hydrogen-bond acceptors (Lipinski definition) is 5. The van der Waals surface area contributed by atoms with Gasteiger partial charge in [0.1, 0.15) is 11.3 Å². The van der Waals surface area contributed by atoms with Gasteiger partial charge in [-0.2, -0.15) is 0 Å². The molecule has 1 fully saturated rings. The van der Waals surface area contributed by atoms with Crippen LogP contribution in [0.15, 0.2) is 12.1 Å². The molecule has 0 N–H and O–H groups in total. The van der Waals surface area contributed by atoms with Crippen molar-refractivity contribution < 1.29 is 23.6 Å². The van der Waals surface area contributed by atoms with Crippen molar-refractivity contribution >= 4 is 30.2 Å². The Bertz CT molecular complexity index is 584. The smallest absolute Gasteiger partial charge is 0.496 e. The lowest BCUT2D eigenvalue weighted by atomic mass is 9.75. The molecule has 7 heteroatoms. The van der Waals surface area contributed by atoms with Gasteiger partial charge in [-0.25, -0.2) is 4.79 Å². The van der Waals surface area contributed by atoms with Gasteiger partial charge in [-0.15, -0.1) is 0 Å². The van der Waals surface area contributed by atoms with Crippen LogP contribution in [0.25, 0.3) is 0 Å². The number of hydrogen-bond donors (Lipinski definition) is 0. The number of benzene rings is 1. The molecular weight excluding hydrogens is 306 g/mol. The summed E-state index contributed by atoms with van der Waals surface area (Å²) < 4.78 is 22.1. The van der Waals surface area contributed by atoms with Gasteiger partial charge in [0, 0.05) is 10.5 Å². The van der Waals surface area contributed by atoms with Gasteiger partial charge in [-0.1, -0.05) is 11.6 Å². The minimum atomic E-state index is -0.776. The third-order valence-electron chi connectivity index (χ3n) is 4.25. The van der Waals surface area contributed by atoms with Crippen LogP contribution < -0.4 is 10.2 Å². The van der Waals surface area contributed by atoms with E-state index in [2.05, 4.69) is 0 Å². The molecule has 1 aliphatic rings. The summed E-state index contributed by atoms with van der Waals surface area (Å²) in [5, 5.41) is 0.361. The topological polar surface area (TPSA) is 54.0 Å². The van der Waals surface area contributed by atoms with Crippen LogP contribution in [0.1, 0.15) is 38.1 Å². The fourth-order valence-corrected chi connectivity index (χ4v) is 2.49. The van der Waals surface area contributed by atoms with Crippen molar-refractivity contribution in [2.45, 2.75) is 38.9 Å². The molecule has 1 aromatic rings. The summed E-state index contributed by atoms with van der Waals surface area (Å²) in [6.07, 6.45) is 0. The Morgan fingerprint density at radius 3 is 2.14 bits per heavy atom. The quantitative estimate of drug-likeness (QED) is 0.631. The highest BCUT2D eigenvalue weighted by Crippen LogP contribution is 2.38. The van der Waals surface area contributed by atoms with Gasteiger partial charge in [0.2, 0.25) is 0 Å². The van der Waals surface area contributed by atoms with Crippen LogP contribution in [0.4, 0.5) is 0 Å². The molecule has 1 aliphatic heterocycles. The minimum absolute atomic E-state index is 0.219. The predicted octanol–water partition coefficient (Wildman–Crippen LogP) is 2.43. The van der Waals surface area contributed by atoms with E-state index in [0.29, 0.717) is 16.2 Å². The summed E-state index contributed by atoms with van der Waals surface area (Å²) in [7, 11) is 2.00. The van der Waals surface area contributed by atoms with Crippen molar-refractivity contribution in [2.24, 2.45) is 0 Å². The van der Waals surface area contributed by atoms with E-state index in [-0.39, 0.29) is 5.56 Å². The molecule has 0 saturated carbocycles. The summed E-state index contributed by atoms with van der Waals surface area (Å²) in [5.41, 5.74) is -0.447. The SMILES string of the molecule is COC(=O)c1c(OC)ccc(Cl)c1B1OC(C)(C)C(C)(C)O1. The first kappa shape index (κ1) is 17.1. The van der Waals surface area contributed by atoms with Crippen molar-refractivity contribution in [3.05, 3.63) is 22.7 Å². The third-order valence-corrected chi connectivity index (χ3v) is 4.58. The number of ether oxygens (including phenoxy) is 2. The highest BCUT2D eigenvalue weighted by Gasteiger charge is 2.53. The number of carbonyl (C=O) groups excluding carboxylic acids is 1. The Balaban J connectivity index is 2.59. The molecule has 1 saturated heterocycles. The second-order valence-corrected chi connectivity index (χ2v) is 6.53. The Morgan fingerprint density at radius 2 is 1.68 bits per heavy atom. The molecular formula is C15H20BClO5. The van der Waals surface area contributed by atoms with Crippen LogP contribution in [0.5, 0.6) is 5.75 Å². The van der Waals surface area contributed by atoms with Gasteiger partial charge in [0.15, 0.2) is 0 Å². The molecule has 0 bridgehead atoms. The molecule has 1 heterocycles. The van der Waals surface area contributed by atoms with Gasteiger partial charge in [-0.05, 0) is 39.8 Å². The molecule has 0 spiro atoms. The standard InChI is InChI=1S/C15H20BClO5/c1-14(2)15(3,4)22-16(21-14)12-9(17)7-8-10(19-5)11(12)13(18)20-6/h7-8H,1-6H3. The molecule has 0 aliphatic carbocycles. The molecule has 0 amide bonds. The normalized spacial score (nSPS) is 19.1. The van der Waals surface area contributed by atoms with Gasteiger partial charge >= 0.3 is 13.1 Å². The molecule has 1 aromatic carbocycles. The van der Waals surface area contributed by atoms with Crippen LogP contribution >= 0.6 is 11.6 Å². The van der Waals surface area contributed by atoms with Crippen LogP contribution in [-0.2, 0) is 14.0 Å². The van der Waals surface area contributed by atoms with E-state index in [1.807, 2.05) is 27.7 Å². The monoisotopic (exact) mass is 326 g/mol. The second-order valence-electron chi connectivity index (χ2n) is 6.12. The maximum Gasteiger partial charge on any atom is 0.497 e. The second kappa shape index (κ2) is 5.76. The van der Waals surface area contributed by atoms with E-state index >= 15 is 0 Å². The third kappa shape index (κ3) is 2.71. The summed E-state index contributed by atoms with van der Waals surface area (Å²) >= 11 is 6.30. The maximum atomic E-state index is 12.2. The van der Waals surface area contributed by atoms with Crippen molar-refractivity contribution in [1.29, 1.82) is 0 Å². The first-order chi connectivity index (χ1) is 10.1. The molecule has 2 rings (SSSR count). The number of esters is 1. The van der Waals surface area contributed by atoms with Crippen molar-refractivity contribution in [2.75, 3.05) is 14.2 Å². The largest absolute Gasteiger partial charge is 0.497 e. The zero-order valence-corrected chi connectivity index (χ0v) is 14.4. The van der Waals surface area contributed by atoms with E-state index in [1.165, 1.54) is 14.2 Å². The predicted molar refractivity (Wildman–Crippen MR) is 85.1 cm³/mol. The first-order valence-electron chi connectivity index (χ1n) is 6.95. The summed E-state index contributed by atoms with van der Waals surface area (Å²) in [5.74, 6) is -0.190. The molecule has 0 atom stereocenters. The van der Waals surface area contributed by atoms with Gasteiger partial charge in [0.05, 0.1) is 25.4 Å². The summed E-state index contributed by atoms with van der Waals surface area (Å²) in [4.78, 5) is 12.2. The molecule has 0 aromatic heterocycles. The fraction of sp³-hybridized carbons (Fsp3) is 0.533. The minimum Gasteiger partial charge on any atom is -0.496 e. The fourth-order valence-electron chi connectivity index (χ4n) is 2.25. The number of carbonyl (C=O) groups is 1. The average molecular weight is 327 g/mol. The maximum absolute atomic E-state index is 12.2. The van der Waals surface area contributed by atoms with E-state index < -0.39 is 24.3 Å². The molecule has 22 heavy (non-hydrogen) atoms. The lowest BCUT2D eigenvalue weighted by Crippen LogP contribution is -2.41. The van der Waals surface area contributed by atoms with Crippen LogP contribution in [0.2, 0.25) is 5.02 Å². The zero-order valence-electron chi connectivity index (χ0n) is 13.7. The highest BCUT2D eigenvalue weighted by atomic mass is 35.5. The van der Waals surface area contributed by atoms with Crippen molar-refractivity contribution in [3.63, 3.8) is 0 Å². The van der Waals surface area contributed by atoms with Gasteiger partial charge in [0.25, 0.3) is 0 Å². The van der Waals surface area contributed by atoms with Gasteiger partial charge in [-0.3, -0.25) is 0 Å². The average Bonchev–Trinajstić information content (AvgIpc) is 2.65. The zero-order chi connectivity index (χ0) is 16.7. The number of rotatable bonds is 3. The first-order valence-corrected chi connectivity index (χ1v) is 7.32. The van der Waals surface area contributed by atoms with Crippen molar-refractivity contribution in [1.82, 2.24) is 0 Å².